The number of carbonyl (C=O) groups is 2. The van der Waals surface area contributed by atoms with Gasteiger partial charge in [0.2, 0.25) is 11.7 Å². The molecule has 3 N–H and O–H groups in total. The Kier molecular flexibility index (Phi) is 6.30. The summed E-state index contributed by atoms with van der Waals surface area (Å²) in [5, 5.41) is 15.0. The Labute approximate surface area is 168 Å². The molecule has 7 nitrogen and oxygen atoms in total. The molecular weight excluding hydrogens is 380 g/mol. The average molecular weight is 402 g/mol. The summed E-state index contributed by atoms with van der Waals surface area (Å²) >= 11 is 5.31. The van der Waals surface area contributed by atoms with Gasteiger partial charge >= 0.3 is 5.97 Å². The summed E-state index contributed by atoms with van der Waals surface area (Å²) in [4.78, 5) is 23.5. The van der Waals surface area contributed by atoms with Crippen molar-refractivity contribution in [2.45, 2.75) is 32.1 Å². The van der Waals surface area contributed by atoms with Gasteiger partial charge in [-0.2, -0.15) is 0 Å². The molecule has 0 atom stereocenters. The maximum Gasteiger partial charge on any atom is 0.371 e. The highest BCUT2D eigenvalue weighted by Crippen LogP contribution is 2.33. The van der Waals surface area contributed by atoms with Crippen molar-refractivity contribution in [2.75, 3.05) is 12.4 Å². The Morgan fingerprint density at radius 1 is 1.18 bits per heavy atom. The third kappa shape index (κ3) is 4.69. The standard InChI is InChI=1S/C20H22N2O5S/c1-26-13-7-8-14(16-9-10-17(27-16)19(24)25)15(11-13)21-20(28)22-18(23)12-5-3-2-4-6-12/h7-12H,2-6H2,1H3,(H,24,25)(H2,21,22,23,28). The van der Waals surface area contributed by atoms with Crippen LogP contribution in [-0.4, -0.2) is 29.2 Å². The summed E-state index contributed by atoms with van der Waals surface area (Å²) in [6.07, 6.45) is 5.04. The third-order valence-corrected chi connectivity index (χ3v) is 4.97. The fourth-order valence-corrected chi connectivity index (χ4v) is 3.51. The fraction of sp³-hybridized carbons (Fsp3) is 0.350. The van der Waals surface area contributed by atoms with Crippen molar-refractivity contribution < 1.29 is 23.8 Å². The number of benzene rings is 1. The lowest BCUT2D eigenvalue weighted by atomic mass is 9.89. The van der Waals surface area contributed by atoms with Crippen molar-refractivity contribution in [2.24, 2.45) is 5.92 Å². The minimum absolute atomic E-state index is 0.0125. The van der Waals surface area contributed by atoms with E-state index in [4.69, 9.17) is 26.5 Å². The van der Waals surface area contributed by atoms with E-state index in [1.165, 1.54) is 19.6 Å². The number of methoxy groups -OCH3 is 1. The maximum atomic E-state index is 12.4. The zero-order valence-corrected chi connectivity index (χ0v) is 16.3. The molecule has 148 valence electrons. The average Bonchev–Trinajstić information content (AvgIpc) is 3.18. The number of carboxylic acids is 1. The molecule has 1 aliphatic rings. The van der Waals surface area contributed by atoms with E-state index < -0.39 is 5.97 Å². The molecule has 0 aliphatic heterocycles. The van der Waals surface area contributed by atoms with Gasteiger partial charge in [0, 0.05) is 17.5 Å². The van der Waals surface area contributed by atoms with Gasteiger partial charge in [-0.25, -0.2) is 4.79 Å². The monoisotopic (exact) mass is 402 g/mol. The number of carbonyl (C=O) groups excluding carboxylic acids is 1. The Morgan fingerprint density at radius 3 is 2.57 bits per heavy atom. The summed E-state index contributed by atoms with van der Waals surface area (Å²) in [5.41, 5.74) is 1.14. The molecular formula is C20H22N2O5S. The van der Waals surface area contributed by atoms with Crippen molar-refractivity contribution in [1.82, 2.24) is 5.32 Å². The molecule has 1 heterocycles. The second-order valence-electron chi connectivity index (χ2n) is 6.66. The van der Waals surface area contributed by atoms with Crippen molar-refractivity contribution in [3.05, 3.63) is 36.1 Å². The first-order valence-corrected chi connectivity index (χ1v) is 9.52. The van der Waals surface area contributed by atoms with E-state index in [2.05, 4.69) is 10.6 Å². The fourth-order valence-electron chi connectivity index (χ4n) is 3.30. The maximum absolute atomic E-state index is 12.4. The Bertz CT molecular complexity index is 886. The SMILES string of the molecule is COc1ccc(-c2ccc(C(=O)O)o2)c(NC(=S)NC(=O)C2CCCCC2)c1. The number of furan rings is 1. The van der Waals surface area contributed by atoms with Gasteiger partial charge in [0.05, 0.1) is 12.8 Å². The van der Waals surface area contributed by atoms with E-state index in [9.17, 15) is 9.59 Å². The smallest absolute Gasteiger partial charge is 0.371 e. The first-order valence-electron chi connectivity index (χ1n) is 9.11. The summed E-state index contributed by atoms with van der Waals surface area (Å²) < 4.78 is 10.6. The molecule has 1 aromatic heterocycles. The zero-order valence-electron chi connectivity index (χ0n) is 15.5. The lowest BCUT2D eigenvalue weighted by Gasteiger charge is -2.21. The van der Waals surface area contributed by atoms with Gasteiger partial charge in [-0.15, -0.1) is 0 Å². The van der Waals surface area contributed by atoms with Crippen LogP contribution in [-0.2, 0) is 4.79 Å². The number of nitrogens with one attached hydrogen (secondary N) is 2. The number of thiocarbonyl (C=S) groups is 1. The zero-order chi connectivity index (χ0) is 20.1. The second-order valence-corrected chi connectivity index (χ2v) is 7.07. The molecule has 0 saturated heterocycles. The minimum Gasteiger partial charge on any atom is -0.497 e. The van der Waals surface area contributed by atoms with Gasteiger partial charge < -0.3 is 24.9 Å². The molecule has 0 spiro atoms. The number of hydrogen-bond acceptors (Lipinski definition) is 5. The number of carboxylic acid groups (broad SMARTS) is 1. The molecule has 2 aromatic rings. The molecule has 0 bridgehead atoms. The molecule has 1 fully saturated rings. The van der Waals surface area contributed by atoms with Gasteiger partial charge in [0.25, 0.3) is 0 Å². The van der Waals surface area contributed by atoms with Crippen LogP contribution in [0.4, 0.5) is 5.69 Å². The quantitative estimate of drug-likeness (QED) is 0.649. The molecule has 8 heteroatoms. The van der Waals surface area contributed by atoms with Crippen LogP contribution in [0, 0.1) is 5.92 Å². The van der Waals surface area contributed by atoms with Gasteiger partial charge in [-0.05, 0) is 49.3 Å². The van der Waals surface area contributed by atoms with Gasteiger partial charge in [0.15, 0.2) is 5.11 Å². The van der Waals surface area contributed by atoms with Crippen molar-refractivity contribution in [3.63, 3.8) is 0 Å². The first-order chi connectivity index (χ1) is 13.5. The van der Waals surface area contributed by atoms with E-state index >= 15 is 0 Å². The number of rotatable bonds is 5. The van der Waals surface area contributed by atoms with Crippen molar-refractivity contribution in [3.8, 4) is 17.1 Å². The van der Waals surface area contributed by atoms with Crippen molar-refractivity contribution >= 4 is 34.9 Å². The largest absolute Gasteiger partial charge is 0.497 e. The van der Waals surface area contributed by atoms with Gasteiger partial charge in [-0.1, -0.05) is 19.3 Å². The summed E-state index contributed by atoms with van der Waals surface area (Å²) in [7, 11) is 1.54. The van der Waals surface area contributed by atoms with E-state index in [1.807, 2.05) is 0 Å². The Balaban J connectivity index is 1.78. The van der Waals surface area contributed by atoms with Crippen LogP contribution in [0.25, 0.3) is 11.3 Å². The highest BCUT2D eigenvalue weighted by atomic mass is 32.1. The summed E-state index contributed by atoms with van der Waals surface area (Å²) in [6.45, 7) is 0. The van der Waals surface area contributed by atoms with Crippen LogP contribution >= 0.6 is 12.2 Å². The third-order valence-electron chi connectivity index (χ3n) is 4.77. The highest BCUT2D eigenvalue weighted by molar-refractivity contribution is 7.80. The van der Waals surface area contributed by atoms with Gasteiger partial charge in [-0.3, -0.25) is 4.79 Å². The molecule has 0 radical (unpaired) electrons. The van der Waals surface area contributed by atoms with E-state index in [0.29, 0.717) is 22.8 Å². The Morgan fingerprint density at radius 2 is 1.93 bits per heavy atom. The molecule has 1 aromatic carbocycles. The number of amides is 1. The van der Waals surface area contributed by atoms with Crippen LogP contribution in [0.15, 0.2) is 34.7 Å². The lowest BCUT2D eigenvalue weighted by molar-refractivity contribution is -0.124. The van der Waals surface area contributed by atoms with Crippen LogP contribution in [0.1, 0.15) is 42.7 Å². The molecule has 1 saturated carbocycles. The summed E-state index contributed by atoms with van der Waals surface area (Å²) in [5.74, 6) is -0.453. The molecule has 0 unspecified atom stereocenters. The number of hydrogen-bond donors (Lipinski definition) is 3. The predicted octanol–water partition coefficient (Wildman–Crippen LogP) is 4.05. The predicted molar refractivity (Wildman–Crippen MR) is 109 cm³/mol. The topological polar surface area (TPSA) is 101 Å². The van der Waals surface area contributed by atoms with E-state index in [0.717, 1.165) is 25.7 Å². The Hall–Kier alpha value is -2.87. The second kappa shape index (κ2) is 8.88. The normalized spacial score (nSPS) is 14.3. The van der Waals surface area contributed by atoms with Crippen molar-refractivity contribution in [1.29, 1.82) is 0 Å². The molecule has 1 amide bonds. The van der Waals surface area contributed by atoms with Crippen LogP contribution in [0.2, 0.25) is 0 Å². The van der Waals surface area contributed by atoms with E-state index in [-0.39, 0.29) is 22.7 Å². The molecule has 3 rings (SSSR count). The number of anilines is 1. The molecule has 28 heavy (non-hydrogen) atoms. The number of ether oxygens (including phenoxy) is 1. The van der Waals surface area contributed by atoms with E-state index in [1.54, 1.807) is 24.3 Å². The minimum atomic E-state index is -1.15. The van der Waals surface area contributed by atoms with Gasteiger partial charge in [0.1, 0.15) is 11.5 Å². The number of aromatic carboxylic acids is 1. The highest BCUT2D eigenvalue weighted by Gasteiger charge is 2.22. The summed E-state index contributed by atoms with van der Waals surface area (Å²) in [6, 6.07) is 8.12. The van der Waals surface area contributed by atoms with Crippen LogP contribution in [0.3, 0.4) is 0 Å². The first kappa shape index (κ1) is 19.9. The lowest BCUT2D eigenvalue weighted by Crippen LogP contribution is -2.39. The van der Waals surface area contributed by atoms with Crippen LogP contribution < -0.4 is 15.4 Å². The van der Waals surface area contributed by atoms with Crippen LogP contribution in [0.5, 0.6) is 5.75 Å². The molecule has 1 aliphatic carbocycles.